The van der Waals surface area contributed by atoms with Gasteiger partial charge in [-0.25, -0.2) is 0 Å². The quantitative estimate of drug-likeness (QED) is 0.829. The summed E-state index contributed by atoms with van der Waals surface area (Å²) in [5.41, 5.74) is 6.17. The number of hydrogen-bond acceptors (Lipinski definition) is 2. The molecule has 0 unspecified atom stereocenters. The molecule has 16 heavy (non-hydrogen) atoms. The Balaban J connectivity index is 2.69. The molecule has 1 rings (SSSR count). The van der Waals surface area contributed by atoms with Crippen molar-refractivity contribution in [1.29, 1.82) is 0 Å². The van der Waals surface area contributed by atoms with E-state index in [0.717, 1.165) is 0 Å². The summed E-state index contributed by atoms with van der Waals surface area (Å²) in [5, 5.41) is 2.72. The van der Waals surface area contributed by atoms with Crippen LogP contribution in [0.15, 0.2) is 24.3 Å². The van der Waals surface area contributed by atoms with Gasteiger partial charge in [0.1, 0.15) is 0 Å². The molecule has 0 spiro atoms. The second-order valence-electron chi connectivity index (χ2n) is 3.31. The molecule has 0 aromatic heterocycles. The molecule has 1 aromatic carbocycles. The molecule has 3 N–H and O–H groups in total. The van der Waals surface area contributed by atoms with Gasteiger partial charge in [0.05, 0.1) is 4.83 Å². The summed E-state index contributed by atoms with van der Waals surface area (Å²) in [5.74, 6) is -0.584. The highest BCUT2D eigenvalue weighted by Gasteiger charge is 2.12. The monoisotopic (exact) mass is 284 g/mol. The summed E-state index contributed by atoms with van der Waals surface area (Å²) >= 11 is 3.25. The van der Waals surface area contributed by atoms with Gasteiger partial charge in [0.2, 0.25) is 11.8 Å². The summed E-state index contributed by atoms with van der Waals surface area (Å²) in [6.07, 6.45) is 0.713. The largest absolute Gasteiger partial charge is 0.366 e. The maximum Gasteiger partial charge on any atom is 0.248 e. The molecule has 2 amide bonds. The summed E-state index contributed by atoms with van der Waals surface area (Å²) in [7, 11) is 0. The summed E-state index contributed by atoms with van der Waals surface area (Å²) < 4.78 is 0. The number of rotatable bonds is 4. The smallest absolute Gasteiger partial charge is 0.248 e. The number of nitrogens with two attached hydrogens (primary N) is 1. The van der Waals surface area contributed by atoms with Gasteiger partial charge in [-0.05, 0) is 30.7 Å². The van der Waals surface area contributed by atoms with Crippen LogP contribution in [0.1, 0.15) is 23.7 Å². The van der Waals surface area contributed by atoms with Crippen molar-refractivity contribution in [2.75, 3.05) is 5.32 Å². The van der Waals surface area contributed by atoms with Crippen LogP contribution in [-0.4, -0.2) is 16.6 Å². The highest BCUT2D eigenvalue weighted by atomic mass is 79.9. The summed E-state index contributed by atoms with van der Waals surface area (Å²) in [6.45, 7) is 1.91. The van der Waals surface area contributed by atoms with Crippen LogP contribution >= 0.6 is 15.9 Å². The number of benzene rings is 1. The minimum absolute atomic E-state index is 0.102. The van der Waals surface area contributed by atoms with Crippen LogP contribution in [0.3, 0.4) is 0 Å². The van der Waals surface area contributed by atoms with Gasteiger partial charge >= 0.3 is 0 Å². The fourth-order valence-corrected chi connectivity index (χ4v) is 1.24. The topological polar surface area (TPSA) is 72.2 Å². The highest BCUT2D eigenvalue weighted by molar-refractivity contribution is 9.10. The Labute approximate surface area is 102 Å². The van der Waals surface area contributed by atoms with Crippen LogP contribution in [0, 0.1) is 0 Å². The number of amides is 2. The van der Waals surface area contributed by atoms with E-state index in [0.29, 0.717) is 17.7 Å². The third-order valence-electron chi connectivity index (χ3n) is 2.08. The van der Waals surface area contributed by atoms with Crippen molar-refractivity contribution in [1.82, 2.24) is 0 Å². The highest BCUT2D eigenvalue weighted by Crippen LogP contribution is 2.12. The van der Waals surface area contributed by atoms with Crippen molar-refractivity contribution in [2.24, 2.45) is 5.73 Å². The number of hydrogen-bond donors (Lipinski definition) is 2. The predicted molar refractivity (Wildman–Crippen MR) is 66.6 cm³/mol. The lowest BCUT2D eigenvalue weighted by molar-refractivity contribution is -0.115. The number of carbonyl (C=O) groups excluding carboxylic acids is 2. The minimum atomic E-state index is -0.482. The predicted octanol–water partition coefficient (Wildman–Crippen LogP) is 1.90. The number of anilines is 1. The first-order chi connectivity index (χ1) is 7.54. The third-order valence-corrected chi connectivity index (χ3v) is 3.14. The standard InChI is InChI=1S/C11H13BrN2O2/c1-2-9(12)11(16)14-8-5-3-7(4-6-8)10(13)15/h3-6,9H,2H2,1H3,(H2,13,15)(H,14,16)/t9-/m1/s1. The van der Waals surface area contributed by atoms with Gasteiger partial charge in [0.15, 0.2) is 0 Å². The Bertz CT molecular complexity index is 389. The average molecular weight is 285 g/mol. The molecule has 0 radical (unpaired) electrons. The Morgan fingerprint density at radius 3 is 2.38 bits per heavy atom. The lowest BCUT2D eigenvalue weighted by Crippen LogP contribution is -2.22. The van der Waals surface area contributed by atoms with Crippen LogP contribution in [0.25, 0.3) is 0 Å². The summed E-state index contributed by atoms with van der Waals surface area (Å²) in [6, 6.07) is 6.45. The van der Waals surface area contributed by atoms with Gasteiger partial charge in [-0.1, -0.05) is 22.9 Å². The summed E-state index contributed by atoms with van der Waals surface area (Å²) in [4.78, 5) is 22.1. The Hall–Kier alpha value is -1.36. The van der Waals surface area contributed by atoms with E-state index in [2.05, 4.69) is 21.2 Å². The van der Waals surface area contributed by atoms with Crippen molar-refractivity contribution in [2.45, 2.75) is 18.2 Å². The molecule has 86 valence electrons. The fourth-order valence-electron chi connectivity index (χ4n) is 1.12. The Morgan fingerprint density at radius 2 is 1.94 bits per heavy atom. The van der Waals surface area contributed by atoms with Gasteiger partial charge in [-0.3, -0.25) is 9.59 Å². The van der Waals surface area contributed by atoms with E-state index >= 15 is 0 Å². The zero-order valence-corrected chi connectivity index (χ0v) is 10.5. The Morgan fingerprint density at radius 1 is 1.38 bits per heavy atom. The van der Waals surface area contributed by atoms with Crippen molar-refractivity contribution in [3.05, 3.63) is 29.8 Å². The number of carbonyl (C=O) groups is 2. The fraction of sp³-hybridized carbons (Fsp3) is 0.273. The molecule has 5 heteroatoms. The van der Waals surface area contributed by atoms with Crippen molar-refractivity contribution in [3.8, 4) is 0 Å². The van der Waals surface area contributed by atoms with Crippen LogP contribution in [-0.2, 0) is 4.79 Å². The Kier molecular flexibility index (Phi) is 4.49. The lowest BCUT2D eigenvalue weighted by Gasteiger charge is -2.08. The van der Waals surface area contributed by atoms with Crippen molar-refractivity contribution < 1.29 is 9.59 Å². The zero-order chi connectivity index (χ0) is 12.1. The molecule has 0 fully saturated rings. The van der Waals surface area contributed by atoms with E-state index in [1.165, 1.54) is 0 Å². The van der Waals surface area contributed by atoms with Gasteiger partial charge in [0, 0.05) is 11.3 Å². The average Bonchev–Trinajstić information content (AvgIpc) is 2.28. The molecule has 0 aliphatic carbocycles. The molecule has 1 aromatic rings. The SMILES string of the molecule is CC[C@@H](Br)C(=O)Nc1ccc(C(N)=O)cc1. The number of primary amides is 1. The number of halogens is 1. The molecular formula is C11H13BrN2O2. The van der Waals surface area contributed by atoms with Crippen LogP contribution in [0.5, 0.6) is 0 Å². The molecule has 0 saturated heterocycles. The van der Waals surface area contributed by atoms with Gasteiger partial charge < -0.3 is 11.1 Å². The van der Waals surface area contributed by atoms with Gasteiger partial charge in [-0.15, -0.1) is 0 Å². The normalized spacial score (nSPS) is 11.9. The lowest BCUT2D eigenvalue weighted by atomic mass is 10.2. The van der Waals surface area contributed by atoms with Crippen LogP contribution in [0.2, 0.25) is 0 Å². The molecule has 0 bridgehead atoms. The maximum atomic E-state index is 11.5. The van der Waals surface area contributed by atoms with E-state index in [1.54, 1.807) is 24.3 Å². The van der Waals surface area contributed by atoms with E-state index in [-0.39, 0.29) is 10.7 Å². The third kappa shape index (κ3) is 3.34. The second-order valence-corrected chi connectivity index (χ2v) is 4.41. The molecular weight excluding hydrogens is 272 g/mol. The molecule has 4 nitrogen and oxygen atoms in total. The molecule has 0 heterocycles. The zero-order valence-electron chi connectivity index (χ0n) is 8.87. The minimum Gasteiger partial charge on any atom is -0.366 e. The second kappa shape index (κ2) is 5.65. The van der Waals surface area contributed by atoms with Gasteiger partial charge in [0.25, 0.3) is 0 Å². The first-order valence-electron chi connectivity index (χ1n) is 4.89. The van der Waals surface area contributed by atoms with E-state index in [1.807, 2.05) is 6.92 Å². The van der Waals surface area contributed by atoms with Crippen molar-refractivity contribution in [3.63, 3.8) is 0 Å². The van der Waals surface area contributed by atoms with E-state index < -0.39 is 5.91 Å². The van der Waals surface area contributed by atoms with E-state index in [9.17, 15) is 9.59 Å². The maximum absolute atomic E-state index is 11.5. The van der Waals surface area contributed by atoms with Gasteiger partial charge in [-0.2, -0.15) is 0 Å². The molecule has 0 aliphatic rings. The van der Waals surface area contributed by atoms with E-state index in [4.69, 9.17) is 5.73 Å². The van der Waals surface area contributed by atoms with Crippen LogP contribution < -0.4 is 11.1 Å². The number of alkyl halides is 1. The first kappa shape index (κ1) is 12.7. The van der Waals surface area contributed by atoms with Crippen molar-refractivity contribution >= 4 is 33.4 Å². The molecule has 0 aliphatic heterocycles. The molecule has 1 atom stereocenters. The number of nitrogens with one attached hydrogen (secondary N) is 1. The molecule has 0 saturated carbocycles. The first-order valence-corrected chi connectivity index (χ1v) is 5.81. The van der Waals surface area contributed by atoms with Crippen LogP contribution in [0.4, 0.5) is 5.69 Å².